The van der Waals surface area contributed by atoms with Crippen LogP contribution in [0.4, 0.5) is 40.8 Å². The van der Waals surface area contributed by atoms with E-state index in [1.807, 2.05) is 0 Å². The second kappa shape index (κ2) is 7.89. The first-order valence-electron chi connectivity index (χ1n) is 10.1. The molecule has 0 atom stereocenters. The number of hydrogen-bond donors (Lipinski definition) is 0. The summed E-state index contributed by atoms with van der Waals surface area (Å²) < 4.78 is 106. The average molecular weight is 488 g/mol. The Morgan fingerprint density at radius 1 is 0.912 bits per heavy atom. The summed E-state index contributed by atoms with van der Waals surface area (Å²) in [5.74, 6) is -4.50. The van der Waals surface area contributed by atoms with Gasteiger partial charge in [0.25, 0.3) is 5.91 Å². The van der Waals surface area contributed by atoms with Crippen LogP contribution in [0.1, 0.15) is 22.3 Å². The Bertz CT molecular complexity index is 1140. The fourth-order valence-corrected chi connectivity index (χ4v) is 3.92. The first kappa shape index (κ1) is 23.9. The predicted molar refractivity (Wildman–Crippen MR) is 106 cm³/mol. The van der Waals surface area contributed by atoms with Crippen LogP contribution in [-0.2, 0) is 17.1 Å². The Kier molecular flexibility index (Phi) is 5.54. The van der Waals surface area contributed by atoms with E-state index in [2.05, 4.69) is 12.1 Å². The highest BCUT2D eigenvalue weighted by molar-refractivity contribution is 6.15. The van der Waals surface area contributed by atoms with E-state index in [0.29, 0.717) is 17.7 Å². The summed E-state index contributed by atoms with van der Waals surface area (Å²) in [6, 6.07) is 8.56. The summed E-state index contributed by atoms with van der Waals surface area (Å²) >= 11 is 0. The maximum absolute atomic E-state index is 14.4. The van der Waals surface area contributed by atoms with Gasteiger partial charge in [-0.25, -0.2) is 0 Å². The van der Waals surface area contributed by atoms with Gasteiger partial charge >= 0.3 is 18.3 Å². The van der Waals surface area contributed by atoms with E-state index in [-0.39, 0.29) is 37.4 Å². The van der Waals surface area contributed by atoms with Gasteiger partial charge < -0.3 is 9.80 Å². The molecule has 0 saturated carbocycles. The standard InChI is InChI=1S/C23H16F8N2O/c1-13-2-5-16(23(29,30)31)12-17(13)32-8-10-33(11-9-32)20(34)19-18(21(19,24)25)14-3-6-15(7-4-14)22(26,27)28/h3-4,6-7,12H,8-11H2,1H3. The smallest absolute Gasteiger partial charge is 0.367 e. The van der Waals surface area contributed by atoms with Crippen LogP contribution in [0, 0.1) is 19.1 Å². The fraction of sp³-hybridized carbons (Fsp3) is 0.348. The van der Waals surface area contributed by atoms with Gasteiger partial charge in [0.1, 0.15) is 11.1 Å². The maximum atomic E-state index is 14.4. The number of alkyl halides is 8. The van der Waals surface area contributed by atoms with Crippen LogP contribution in [-0.4, -0.2) is 42.9 Å². The molecule has 1 fully saturated rings. The lowest BCUT2D eigenvalue weighted by atomic mass is 10.1. The number of halogens is 8. The van der Waals surface area contributed by atoms with Gasteiger partial charge in [0.2, 0.25) is 0 Å². The third-order valence-electron chi connectivity index (χ3n) is 5.79. The minimum atomic E-state index is -4.62. The average Bonchev–Trinajstić information content (AvgIpc) is 3.34. The molecule has 1 aliphatic heterocycles. The zero-order chi connectivity index (χ0) is 25.1. The van der Waals surface area contributed by atoms with Crippen LogP contribution < -0.4 is 4.90 Å². The molecule has 2 aliphatic rings. The number of piperazine rings is 1. The lowest BCUT2D eigenvalue weighted by Crippen LogP contribution is -2.49. The zero-order valence-corrected chi connectivity index (χ0v) is 17.5. The van der Waals surface area contributed by atoms with Crippen LogP contribution in [0.2, 0.25) is 0 Å². The van der Waals surface area contributed by atoms with Crippen molar-refractivity contribution in [2.24, 2.45) is 0 Å². The molecule has 1 heterocycles. The quantitative estimate of drug-likeness (QED) is 0.542. The number of hydrogen-bond acceptors (Lipinski definition) is 2. The van der Waals surface area contributed by atoms with Gasteiger partial charge in [0.05, 0.1) is 5.56 Å². The highest BCUT2D eigenvalue weighted by Crippen LogP contribution is 2.56. The summed E-state index contributed by atoms with van der Waals surface area (Å²) in [5, 5.41) is 0. The summed E-state index contributed by atoms with van der Waals surface area (Å²) in [4.78, 5) is 15.5. The molecule has 34 heavy (non-hydrogen) atoms. The van der Waals surface area contributed by atoms with Crippen LogP contribution in [0.25, 0.3) is 5.57 Å². The van der Waals surface area contributed by atoms with E-state index in [9.17, 15) is 39.9 Å². The van der Waals surface area contributed by atoms with E-state index >= 15 is 0 Å². The molecule has 0 spiro atoms. The molecule has 0 bridgehead atoms. The molecule has 1 aliphatic carbocycles. The molecule has 0 N–H and O–H groups in total. The molecule has 0 radical (unpaired) electrons. The number of carbonyl (C=O) groups is 1. The van der Waals surface area contributed by atoms with Crippen LogP contribution in [0.15, 0.2) is 35.9 Å². The molecule has 4 rings (SSSR count). The molecule has 11 heteroatoms. The fourth-order valence-electron chi connectivity index (χ4n) is 3.92. The topological polar surface area (TPSA) is 23.6 Å². The minimum Gasteiger partial charge on any atom is -0.367 e. The summed E-state index contributed by atoms with van der Waals surface area (Å²) in [5.41, 5.74) is -2.87. The number of benzene rings is 1. The number of rotatable bonds is 3. The molecular formula is C23H16F8N2O. The predicted octanol–water partition coefficient (Wildman–Crippen LogP) is 5.38. The van der Waals surface area contributed by atoms with Gasteiger partial charge in [-0.1, -0.05) is 24.3 Å². The number of amides is 1. The zero-order valence-electron chi connectivity index (χ0n) is 17.5. The van der Waals surface area contributed by atoms with Gasteiger partial charge in [-0.05, 0) is 30.7 Å². The van der Waals surface area contributed by atoms with Crippen molar-refractivity contribution < 1.29 is 39.9 Å². The van der Waals surface area contributed by atoms with Crippen molar-refractivity contribution in [2.75, 3.05) is 31.1 Å². The Balaban J connectivity index is 1.48. The Morgan fingerprint density at radius 2 is 1.50 bits per heavy atom. The second-order valence-corrected chi connectivity index (χ2v) is 7.99. The lowest BCUT2D eigenvalue weighted by Gasteiger charge is -2.36. The Morgan fingerprint density at radius 3 is 2.03 bits per heavy atom. The maximum Gasteiger partial charge on any atom is 0.424 e. The van der Waals surface area contributed by atoms with E-state index in [1.54, 1.807) is 11.8 Å². The Labute approximate surface area is 189 Å². The van der Waals surface area contributed by atoms with Crippen LogP contribution >= 0.6 is 0 Å². The van der Waals surface area contributed by atoms with E-state index in [1.165, 1.54) is 0 Å². The molecule has 180 valence electrons. The third kappa shape index (κ3) is 4.29. The molecule has 1 amide bonds. The van der Waals surface area contributed by atoms with E-state index in [0.717, 1.165) is 23.1 Å². The van der Waals surface area contributed by atoms with Crippen molar-refractivity contribution in [1.29, 1.82) is 0 Å². The number of anilines is 1. The summed E-state index contributed by atoms with van der Waals surface area (Å²) in [6.45, 7) is 1.75. The minimum absolute atomic E-state index is 0.0158. The van der Waals surface area contributed by atoms with Crippen molar-refractivity contribution in [3.63, 3.8) is 0 Å². The molecule has 3 nitrogen and oxygen atoms in total. The molecular weight excluding hydrogens is 472 g/mol. The van der Waals surface area contributed by atoms with Crippen LogP contribution in [0.5, 0.6) is 0 Å². The molecule has 2 aromatic carbocycles. The van der Waals surface area contributed by atoms with Gasteiger partial charge in [-0.15, -0.1) is 0 Å². The highest BCUT2D eigenvalue weighted by Gasteiger charge is 2.61. The number of allylic oxidation sites excluding steroid dienone is 1. The van der Waals surface area contributed by atoms with Gasteiger partial charge in [0.15, 0.2) is 0 Å². The largest absolute Gasteiger partial charge is 0.424 e. The lowest BCUT2D eigenvalue weighted by molar-refractivity contribution is -0.138. The van der Waals surface area contributed by atoms with E-state index in [4.69, 9.17) is 0 Å². The third-order valence-corrected chi connectivity index (χ3v) is 5.79. The highest BCUT2D eigenvalue weighted by atomic mass is 19.4. The van der Waals surface area contributed by atoms with Crippen molar-refractivity contribution in [1.82, 2.24) is 4.90 Å². The Hall–Kier alpha value is -3.29. The summed E-state index contributed by atoms with van der Waals surface area (Å²) in [6.07, 6.45) is -9.22. The van der Waals surface area contributed by atoms with Crippen molar-refractivity contribution in [3.8, 4) is 0 Å². The molecule has 1 saturated heterocycles. The van der Waals surface area contributed by atoms with Crippen molar-refractivity contribution in [3.05, 3.63) is 70.3 Å². The normalized spacial score (nSPS) is 18.1. The van der Waals surface area contributed by atoms with Crippen molar-refractivity contribution in [2.45, 2.75) is 25.2 Å². The van der Waals surface area contributed by atoms with Crippen molar-refractivity contribution >= 4 is 17.2 Å². The summed E-state index contributed by atoms with van der Waals surface area (Å²) in [7, 11) is 0. The van der Waals surface area contributed by atoms with E-state index < -0.39 is 46.5 Å². The SMILES string of the molecule is Cc1c#cc(C(F)(F)F)cc1N1CCN(C(=O)C2=C(c3ccc(C(F)(F)F)cc3)C2(F)F)CC1. The van der Waals surface area contributed by atoms with Gasteiger partial charge in [-0.3, -0.25) is 4.79 Å². The van der Waals surface area contributed by atoms with Gasteiger partial charge in [0, 0.05) is 43.0 Å². The molecule has 0 aromatic heterocycles. The van der Waals surface area contributed by atoms with Gasteiger partial charge in [-0.2, -0.15) is 35.1 Å². The monoisotopic (exact) mass is 488 g/mol. The first-order chi connectivity index (χ1) is 15.7. The van der Waals surface area contributed by atoms with Crippen LogP contribution in [0.3, 0.4) is 0 Å². The second-order valence-electron chi connectivity index (χ2n) is 7.99. The number of nitrogens with zero attached hydrogens (tertiary/aromatic N) is 2. The first-order valence-corrected chi connectivity index (χ1v) is 10.1. The molecule has 0 unspecified atom stereocenters. The number of carbonyl (C=O) groups excluding carboxylic acids is 1. The molecule has 2 aromatic rings.